The largest absolute Gasteiger partial charge is 0.507 e. The van der Waals surface area contributed by atoms with Gasteiger partial charge in [0.05, 0.1) is 6.21 Å². The first-order chi connectivity index (χ1) is 10.7. The molecule has 0 aliphatic rings. The summed E-state index contributed by atoms with van der Waals surface area (Å²) in [6.07, 6.45) is 5.65. The van der Waals surface area contributed by atoms with E-state index in [1.807, 2.05) is 68.0 Å². The van der Waals surface area contributed by atoms with Crippen LogP contribution >= 0.6 is 8.58 Å². The quantitative estimate of drug-likeness (QED) is 0.584. The van der Waals surface area contributed by atoms with Gasteiger partial charge >= 0.3 is 0 Å². The highest BCUT2D eigenvalue weighted by atomic mass is 31.1. The molecule has 0 saturated carbocycles. The molecule has 0 amide bonds. The molecule has 3 rings (SSSR count). The van der Waals surface area contributed by atoms with Gasteiger partial charge in [-0.05, 0) is 36.5 Å². The molecule has 1 atom stereocenters. The third kappa shape index (κ3) is 3.44. The van der Waals surface area contributed by atoms with Crippen LogP contribution in [0.1, 0.15) is 11.1 Å². The molecule has 0 bridgehead atoms. The van der Waals surface area contributed by atoms with E-state index in [1.54, 1.807) is 10.7 Å². The number of nitrogens with zero attached hydrogens (tertiary/aromatic N) is 2. The van der Waals surface area contributed by atoms with Gasteiger partial charge in [0.2, 0.25) is 0 Å². The third-order valence-corrected chi connectivity index (χ3v) is 4.70. The number of phenolic OH excluding ortho intramolecular Hbond substituents is 1. The Balaban J connectivity index is 1.89. The van der Waals surface area contributed by atoms with Crippen LogP contribution in [0.25, 0.3) is 0 Å². The lowest BCUT2D eigenvalue weighted by molar-refractivity contribution is 0.479. The number of phenols is 1. The van der Waals surface area contributed by atoms with E-state index in [4.69, 9.17) is 0 Å². The van der Waals surface area contributed by atoms with Crippen molar-refractivity contribution in [3.63, 3.8) is 0 Å². The van der Waals surface area contributed by atoms with Gasteiger partial charge in [-0.1, -0.05) is 44.5 Å². The van der Waals surface area contributed by atoms with Gasteiger partial charge in [0.1, 0.15) is 5.75 Å². The fraction of sp³-hybridized carbons (Fsp3) is 0.0556. The molecular weight excluding hydrogens is 291 g/mol. The fourth-order valence-electron chi connectivity index (χ4n) is 2.15. The molecule has 1 heterocycles. The van der Waals surface area contributed by atoms with E-state index in [2.05, 4.69) is 11.2 Å². The summed E-state index contributed by atoms with van der Waals surface area (Å²) in [5.74, 6) is 0.348. The molecule has 1 aromatic heterocycles. The van der Waals surface area contributed by atoms with Gasteiger partial charge in [-0.2, -0.15) is 5.10 Å². The van der Waals surface area contributed by atoms with Crippen LogP contribution in [0, 0.1) is 6.92 Å². The van der Waals surface area contributed by atoms with E-state index in [0.29, 0.717) is 14.3 Å². The van der Waals surface area contributed by atoms with Crippen molar-refractivity contribution in [3.8, 4) is 5.75 Å². The van der Waals surface area contributed by atoms with Crippen LogP contribution in [0.2, 0.25) is 0 Å². The first-order valence-corrected chi connectivity index (χ1v) is 8.05. The number of aryl methyl sites for hydroxylation is 1. The molecular formula is C18H17N2OP. The van der Waals surface area contributed by atoms with Crippen LogP contribution in [-0.4, -0.2) is 16.0 Å². The number of aromatic nitrogens is 1. The fourth-order valence-corrected chi connectivity index (χ4v) is 3.42. The molecule has 0 fully saturated rings. The van der Waals surface area contributed by atoms with E-state index in [1.165, 1.54) is 5.30 Å². The van der Waals surface area contributed by atoms with E-state index in [-0.39, 0.29) is 0 Å². The summed E-state index contributed by atoms with van der Waals surface area (Å²) in [7, 11) is 0.395. The van der Waals surface area contributed by atoms with Crippen molar-refractivity contribution in [2.24, 2.45) is 5.10 Å². The van der Waals surface area contributed by atoms with Crippen LogP contribution in [0.5, 0.6) is 5.75 Å². The lowest BCUT2D eigenvalue weighted by Crippen LogP contribution is -2.09. The zero-order valence-corrected chi connectivity index (χ0v) is 13.3. The topological polar surface area (TPSA) is 37.5 Å². The van der Waals surface area contributed by atoms with E-state index < -0.39 is 0 Å². The maximum Gasteiger partial charge on any atom is 0.123 e. The molecule has 1 N–H and O–H groups in total. The Bertz CT molecular complexity index is 795. The minimum absolute atomic E-state index is 0.348. The number of hydrogen-bond donors (Lipinski definition) is 1. The average molecular weight is 308 g/mol. The Morgan fingerprint density at radius 3 is 2.59 bits per heavy atom. The van der Waals surface area contributed by atoms with Gasteiger partial charge in [0.25, 0.3) is 0 Å². The van der Waals surface area contributed by atoms with Crippen LogP contribution in [0.4, 0.5) is 0 Å². The van der Waals surface area contributed by atoms with Crippen molar-refractivity contribution in [3.05, 3.63) is 78.1 Å². The highest BCUT2D eigenvalue weighted by Gasteiger charge is 2.06. The van der Waals surface area contributed by atoms with Gasteiger partial charge in [0.15, 0.2) is 0 Å². The summed E-state index contributed by atoms with van der Waals surface area (Å²) in [5, 5.41) is 16.6. The summed E-state index contributed by atoms with van der Waals surface area (Å²) in [4.78, 5) is 0. The molecule has 22 heavy (non-hydrogen) atoms. The van der Waals surface area contributed by atoms with Gasteiger partial charge < -0.3 is 5.11 Å². The van der Waals surface area contributed by atoms with Crippen molar-refractivity contribution in [1.29, 1.82) is 0 Å². The summed E-state index contributed by atoms with van der Waals surface area (Å²) in [6.45, 7) is 2.03. The molecule has 0 aliphatic carbocycles. The summed E-state index contributed by atoms with van der Waals surface area (Å²) in [6, 6.07) is 17.7. The van der Waals surface area contributed by atoms with Crippen LogP contribution in [0.15, 0.2) is 72.1 Å². The van der Waals surface area contributed by atoms with Crippen molar-refractivity contribution in [2.75, 3.05) is 0 Å². The predicted octanol–water partition coefficient (Wildman–Crippen LogP) is 3.01. The highest BCUT2D eigenvalue weighted by Crippen LogP contribution is 2.20. The standard InChI is InChI=1S/C18H17N2OP/c1-14-8-9-16(21)18(12-14)22-17-7-3-2-6-15(17)13-19-20-10-4-5-11-20/h2-13,21-22H,1H3. The molecule has 0 spiro atoms. The molecule has 110 valence electrons. The van der Waals surface area contributed by atoms with Crippen molar-refractivity contribution >= 4 is 25.4 Å². The minimum atomic E-state index is 0.348. The Hall–Kier alpha value is -2.38. The van der Waals surface area contributed by atoms with Crippen molar-refractivity contribution in [2.45, 2.75) is 6.92 Å². The Morgan fingerprint density at radius 2 is 1.77 bits per heavy atom. The van der Waals surface area contributed by atoms with Crippen LogP contribution in [0.3, 0.4) is 0 Å². The van der Waals surface area contributed by atoms with Gasteiger partial charge in [0, 0.05) is 23.3 Å². The smallest absolute Gasteiger partial charge is 0.123 e. The van der Waals surface area contributed by atoms with E-state index in [9.17, 15) is 5.11 Å². The second-order valence-corrected chi connectivity index (χ2v) is 6.37. The molecule has 3 aromatic rings. The van der Waals surface area contributed by atoms with Gasteiger partial charge in [-0.3, -0.25) is 0 Å². The average Bonchev–Trinajstić information content (AvgIpc) is 3.03. The number of rotatable bonds is 4. The first-order valence-electron chi connectivity index (χ1n) is 7.05. The minimum Gasteiger partial charge on any atom is -0.507 e. The van der Waals surface area contributed by atoms with E-state index >= 15 is 0 Å². The van der Waals surface area contributed by atoms with Crippen LogP contribution in [-0.2, 0) is 0 Å². The number of hydrogen-bond acceptors (Lipinski definition) is 2. The lowest BCUT2D eigenvalue weighted by atomic mass is 10.2. The van der Waals surface area contributed by atoms with Crippen LogP contribution < -0.4 is 10.6 Å². The molecule has 3 nitrogen and oxygen atoms in total. The first kappa shape index (κ1) is 14.6. The van der Waals surface area contributed by atoms with Crippen molar-refractivity contribution in [1.82, 2.24) is 4.68 Å². The lowest BCUT2D eigenvalue weighted by Gasteiger charge is -2.09. The SMILES string of the molecule is Cc1ccc(O)c(Pc2ccccc2C=Nn2cccc2)c1. The normalized spacial score (nSPS) is 11.7. The zero-order valence-electron chi connectivity index (χ0n) is 12.3. The second-order valence-electron chi connectivity index (χ2n) is 5.04. The monoisotopic (exact) mass is 308 g/mol. The molecule has 0 saturated heterocycles. The Morgan fingerprint density at radius 1 is 1.00 bits per heavy atom. The molecule has 4 heteroatoms. The van der Waals surface area contributed by atoms with E-state index in [0.717, 1.165) is 16.4 Å². The maximum absolute atomic E-state index is 10.0. The maximum atomic E-state index is 10.0. The van der Waals surface area contributed by atoms with Gasteiger partial charge in [-0.25, -0.2) is 4.68 Å². The highest BCUT2D eigenvalue weighted by molar-refractivity contribution is 7.56. The van der Waals surface area contributed by atoms with Gasteiger partial charge in [-0.15, -0.1) is 0 Å². The second kappa shape index (κ2) is 6.59. The summed E-state index contributed by atoms with van der Waals surface area (Å²) in [5.41, 5.74) is 2.22. The molecule has 2 aromatic carbocycles. The number of benzene rings is 2. The zero-order chi connectivity index (χ0) is 15.4. The van der Waals surface area contributed by atoms with Crippen molar-refractivity contribution < 1.29 is 5.11 Å². The summed E-state index contributed by atoms with van der Waals surface area (Å²) < 4.78 is 1.77. The third-order valence-electron chi connectivity index (χ3n) is 3.30. The number of aromatic hydroxyl groups is 1. The molecule has 0 aliphatic heterocycles. The Labute approximate surface area is 131 Å². The predicted molar refractivity (Wildman–Crippen MR) is 94.3 cm³/mol. The summed E-state index contributed by atoms with van der Waals surface area (Å²) >= 11 is 0. The molecule has 1 unspecified atom stereocenters. The Kier molecular flexibility index (Phi) is 4.36. The molecule has 0 radical (unpaired) electrons.